The summed E-state index contributed by atoms with van der Waals surface area (Å²) in [5.41, 5.74) is 1.17. The SMILES string of the molecule is CCOc1ccc(C2C(C(=O)c3cc4ccccc4o3)=C(O)C(=O)N2Cc2ccco2)cc1. The van der Waals surface area contributed by atoms with E-state index in [0.717, 1.165) is 5.39 Å². The summed E-state index contributed by atoms with van der Waals surface area (Å²) in [6.45, 7) is 2.49. The van der Waals surface area contributed by atoms with Crippen molar-refractivity contribution in [3.05, 3.63) is 101 Å². The Kier molecular flexibility index (Phi) is 5.22. The Morgan fingerprint density at radius 2 is 1.88 bits per heavy atom. The number of ether oxygens (including phenoxy) is 1. The van der Waals surface area contributed by atoms with Gasteiger partial charge >= 0.3 is 0 Å². The highest BCUT2D eigenvalue weighted by Gasteiger charge is 2.44. The molecule has 0 spiro atoms. The molecular formula is C26H21NO6. The van der Waals surface area contributed by atoms with Crippen LogP contribution < -0.4 is 4.74 Å². The summed E-state index contributed by atoms with van der Waals surface area (Å²) >= 11 is 0. The second kappa shape index (κ2) is 8.35. The normalized spacial score (nSPS) is 16.1. The smallest absolute Gasteiger partial charge is 0.290 e. The van der Waals surface area contributed by atoms with Crippen LogP contribution in [0.25, 0.3) is 11.0 Å². The van der Waals surface area contributed by atoms with Crippen LogP contribution in [0.4, 0.5) is 0 Å². The molecule has 1 aliphatic heterocycles. The Morgan fingerprint density at radius 3 is 2.58 bits per heavy atom. The van der Waals surface area contributed by atoms with Crippen LogP contribution in [0.1, 0.15) is 34.8 Å². The number of Topliss-reactive ketones (excluding diaryl/α,β-unsaturated/α-hetero) is 1. The lowest BCUT2D eigenvalue weighted by Crippen LogP contribution is -2.30. The minimum absolute atomic E-state index is 0.0326. The number of nitrogens with zero attached hydrogens (tertiary/aromatic N) is 1. The van der Waals surface area contributed by atoms with Gasteiger partial charge in [-0.2, -0.15) is 0 Å². The van der Waals surface area contributed by atoms with Gasteiger partial charge < -0.3 is 23.6 Å². The van der Waals surface area contributed by atoms with Crippen molar-refractivity contribution in [2.45, 2.75) is 19.5 Å². The van der Waals surface area contributed by atoms with Crippen molar-refractivity contribution in [3.63, 3.8) is 0 Å². The van der Waals surface area contributed by atoms with Crippen molar-refractivity contribution in [2.24, 2.45) is 0 Å². The first-order valence-corrected chi connectivity index (χ1v) is 10.6. The minimum atomic E-state index is -0.820. The molecule has 7 nitrogen and oxygen atoms in total. The van der Waals surface area contributed by atoms with Crippen LogP contribution in [-0.2, 0) is 11.3 Å². The molecule has 0 saturated carbocycles. The van der Waals surface area contributed by atoms with E-state index in [1.807, 2.05) is 25.1 Å². The molecule has 1 N–H and O–H groups in total. The molecule has 4 aromatic rings. The van der Waals surface area contributed by atoms with E-state index in [9.17, 15) is 14.7 Å². The van der Waals surface area contributed by atoms with E-state index in [2.05, 4.69) is 0 Å². The van der Waals surface area contributed by atoms with Crippen molar-refractivity contribution in [2.75, 3.05) is 6.61 Å². The first kappa shape index (κ1) is 20.6. The number of furan rings is 2. The van der Waals surface area contributed by atoms with E-state index < -0.39 is 23.5 Å². The minimum Gasteiger partial charge on any atom is -0.503 e. The van der Waals surface area contributed by atoms with Crippen molar-refractivity contribution in [3.8, 4) is 5.75 Å². The molecule has 0 aliphatic carbocycles. The summed E-state index contributed by atoms with van der Waals surface area (Å²) in [7, 11) is 0. The van der Waals surface area contributed by atoms with Crippen LogP contribution >= 0.6 is 0 Å². The molecule has 1 unspecified atom stereocenters. The Labute approximate surface area is 189 Å². The third-order valence-electron chi connectivity index (χ3n) is 5.61. The molecule has 0 fully saturated rings. The van der Waals surface area contributed by atoms with Gasteiger partial charge in [0.05, 0.1) is 31.0 Å². The van der Waals surface area contributed by atoms with Crippen LogP contribution in [0.3, 0.4) is 0 Å². The fraction of sp³-hybridized carbons (Fsp3) is 0.154. The molecule has 5 rings (SSSR count). The van der Waals surface area contributed by atoms with Crippen molar-refractivity contribution >= 4 is 22.7 Å². The quantitative estimate of drug-likeness (QED) is 0.395. The maximum Gasteiger partial charge on any atom is 0.290 e. The van der Waals surface area contributed by atoms with Crippen LogP contribution in [0.5, 0.6) is 5.75 Å². The Morgan fingerprint density at radius 1 is 1.09 bits per heavy atom. The first-order chi connectivity index (χ1) is 16.1. The third-order valence-corrected chi connectivity index (χ3v) is 5.61. The van der Waals surface area contributed by atoms with E-state index in [1.54, 1.807) is 48.5 Å². The lowest BCUT2D eigenvalue weighted by atomic mass is 9.95. The molecule has 1 atom stereocenters. The fourth-order valence-corrected chi connectivity index (χ4v) is 4.11. The molecule has 2 aromatic heterocycles. The number of para-hydroxylation sites is 1. The number of hydrogen-bond acceptors (Lipinski definition) is 6. The van der Waals surface area contributed by atoms with Gasteiger partial charge in [-0.3, -0.25) is 9.59 Å². The maximum absolute atomic E-state index is 13.5. The number of ketones is 1. The molecule has 7 heteroatoms. The molecule has 166 valence electrons. The van der Waals surface area contributed by atoms with E-state index in [-0.39, 0.29) is 17.9 Å². The van der Waals surface area contributed by atoms with Crippen molar-refractivity contribution in [1.82, 2.24) is 4.90 Å². The highest BCUT2D eigenvalue weighted by atomic mass is 16.5. The average Bonchev–Trinajstić information content (AvgIpc) is 3.55. The number of hydrogen-bond donors (Lipinski definition) is 1. The number of fused-ring (bicyclic) bond motifs is 1. The Hall–Kier alpha value is -4.26. The molecular weight excluding hydrogens is 422 g/mol. The summed E-state index contributed by atoms with van der Waals surface area (Å²) < 4.78 is 16.7. The van der Waals surface area contributed by atoms with Gasteiger partial charge in [0.25, 0.3) is 5.91 Å². The van der Waals surface area contributed by atoms with Gasteiger partial charge in [-0.15, -0.1) is 0 Å². The molecule has 3 heterocycles. The molecule has 33 heavy (non-hydrogen) atoms. The molecule has 0 radical (unpaired) electrons. The van der Waals surface area contributed by atoms with Gasteiger partial charge in [0.1, 0.15) is 17.1 Å². The first-order valence-electron chi connectivity index (χ1n) is 10.6. The predicted molar refractivity (Wildman–Crippen MR) is 120 cm³/mol. The van der Waals surface area contributed by atoms with Crippen LogP contribution in [0, 0.1) is 0 Å². The van der Waals surface area contributed by atoms with Crippen LogP contribution in [-0.4, -0.2) is 28.3 Å². The zero-order chi connectivity index (χ0) is 22.9. The van der Waals surface area contributed by atoms with Crippen LogP contribution in [0.15, 0.2) is 93.2 Å². The second-order valence-corrected chi connectivity index (χ2v) is 7.66. The van der Waals surface area contributed by atoms with E-state index in [1.165, 1.54) is 11.2 Å². The van der Waals surface area contributed by atoms with E-state index in [4.69, 9.17) is 13.6 Å². The van der Waals surface area contributed by atoms with Gasteiger partial charge in [-0.25, -0.2) is 0 Å². The molecule has 1 amide bonds. The number of aliphatic hydroxyl groups is 1. The standard InChI is InChI=1S/C26H21NO6/c1-2-31-18-11-9-16(10-12-18)23-22(24(28)21-14-17-6-3-4-8-20(17)33-21)25(29)26(30)27(23)15-19-7-5-13-32-19/h3-14,23,29H,2,15H2,1H3. The number of benzene rings is 2. The molecule has 0 bridgehead atoms. The van der Waals surface area contributed by atoms with Crippen molar-refractivity contribution < 1.29 is 28.3 Å². The molecule has 1 aliphatic rings. The van der Waals surface area contributed by atoms with Gasteiger partial charge in [-0.05, 0) is 48.9 Å². The number of amides is 1. The Balaban J connectivity index is 1.58. The molecule has 2 aromatic carbocycles. The van der Waals surface area contributed by atoms with E-state index >= 15 is 0 Å². The highest BCUT2D eigenvalue weighted by molar-refractivity contribution is 6.16. The largest absolute Gasteiger partial charge is 0.503 e. The van der Waals surface area contributed by atoms with Gasteiger partial charge in [-0.1, -0.05) is 30.3 Å². The summed E-state index contributed by atoms with van der Waals surface area (Å²) in [5.74, 6) is -0.527. The Bertz CT molecular complexity index is 1310. The van der Waals surface area contributed by atoms with Crippen molar-refractivity contribution in [1.29, 1.82) is 0 Å². The summed E-state index contributed by atoms with van der Waals surface area (Å²) in [5, 5.41) is 11.6. The number of carbonyl (C=O) groups is 2. The van der Waals surface area contributed by atoms with Gasteiger partial charge in [0.2, 0.25) is 5.78 Å². The number of aliphatic hydroxyl groups excluding tert-OH is 1. The predicted octanol–water partition coefficient (Wildman–Crippen LogP) is 5.20. The zero-order valence-electron chi connectivity index (χ0n) is 17.9. The topological polar surface area (TPSA) is 93.1 Å². The van der Waals surface area contributed by atoms with Crippen LogP contribution in [0.2, 0.25) is 0 Å². The lowest BCUT2D eigenvalue weighted by molar-refractivity contribution is -0.130. The van der Waals surface area contributed by atoms with Gasteiger partial charge in [0, 0.05) is 5.39 Å². The second-order valence-electron chi connectivity index (χ2n) is 7.66. The zero-order valence-corrected chi connectivity index (χ0v) is 17.9. The highest BCUT2D eigenvalue weighted by Crippen LogP contribution is 2.41. The monoisotopic (exact) mass is 443 g/mol. The summed E-state index contributed by atoms with van der Waals surface area (Å²) in [4.78, 5) is 28.0. The molecule has 0 saturated heterocycles. The number of carbonyl (C=O) groups excluding carboxylic acids is 2. The summed E-state index contributed by atoms with van der Waals surface area (Å²) in [6, 6.07) is 18.6. The average molecular weight is 443 g/mol. The van der Waals surface area contributed by atoms with E-state index in [0.29, 0.717) is 29.3 Å². The summed E-state index contributed by atoms with van der Waals surface area (Å²) in [6.07, 6.45) is 1.51. The third kappa shape index (κ3) is 3.67. The fourth-order valence-electron chi connectivity index (χ4n) is 4.11. The lowest BCUT2D eigenvalue weighted by Gasteiger charge is -2.26. The maximum atomic E-state index is 13.5. The van der Waals surface area contributed by atoms with Gasteiger partial charge in [0.15, 0.2) is 11.5 Å². The number of rotatable bonds is 7.